The van der Waals surface area contributed by atoms with E-state index in [9.17, 15) is 4.79 Å². The van der Waals surface area contributed by atoms with Gasteiger partial charge >= 0.3 is 0 Å². The van der Waals surface area contributed by atoms with Crippen LogP contribution in [0.1, 0.15) is 10.4 Å². The topological polar surface area (TPSA) is 81.1 Å². The summed E-state index contributed by atoms with van der Waals surface area (Å²) >= 11 is 8.31. The number of benzene rings is 2. The van der Waals surface area contributed by atoms with Crippen molar-refractivity contribution in [1.82, 2.24) is 0 Å². The molecule has 0 saturated heterocycles. The summed E-state index contributed by atoms with van der Waals surface area (Å²) in [5.74, 6) is -0.545. The lowest BCUT2D eigenvalue weighted by atomic mass is 10.1. The van der Waals surface area contributed by atoms with Crippen LogP contribution in [0.25, 0.3) is 0 Å². The minimum atomic E-state index is -0.545. The molecule has 6 heteroatoms. The lowest BCUT2D eigenvalue weighted by molar-refractivity contribution is 0.100. The van der Waals surface area contributed by atoms with Gasteiger partial charge in [-0.25, -0.2) is 0 Å². The summed E-state index contributed by atoms with van der Waals surface area (Å²) in [6, 6.07) is 10.5. The van der Waals surface area contributed by atoms with E-state index in [2.05, 4.69) is 27.9 Å². The molecule has 0 bridgehead atoms. The maximum Gasteiger partial charge on any atom is 0.250 e. The average Bonchev–Trinajstić information content (AvgIpc) is 2.34. The van der Waals surface area contributed by atoms with Crippen molar-refractivity contribution >= 4 is 57.2 Å². The summed E-state index contributed by atoms with van der Waals surface area (Å²) in [5, 5.41) is 3.65. The molecule has 0 aliphatic carbocycles. The molecule has 0 aliphatic heterocycles. The van der Waals surface area contributed by atoms with Gasteiger partial charge in [0.25, 0.3) is 5.91 Å². The average molecular weight is 388 g/mol. The van der Waals surface area contributed by atoms with Crippen LogP contribution in [0, 0.1) is 3.57 Å². The molecule has 0 unspecified atom stereocenters. The Hall–Kier alpha value is -1.47. The van der Waals surface area contributed by atoms with E-state index in [0.717, 1.165) is 3.57 Å². The van der Waals surface area contributed by atoms with Crippen LogP contribution in [-0.4, -0.2) is 5.91 Å². The lowest BCUT2D eigenvalue weighted by Crippen LogP contribution is -2.13. The van der Waals surface area contributed by atoms with Gasteiger partial charge in [0.05, 0.1) is 22.0 Å². The number of amides is 1. The van der Waals surface area contributed by atoms with Crippen LogP contribution in [0.2, 0.25) is 5.02 Å². The molecule has 0 aliphatic rings. The number of nitrogen functional groups attached to an aromatic ring is 1. The van der Waals surface area contributed by atoms with Gasteiger partial charge in [-0.05, 0) is 59.0 Å². The van der Waals surface area contributed by atoms with Crippen molar-refractivity contribution < 1.29 is 4.79 Å². The van der Waals surface area contributed by atoms with Gasteiger partial charge in [-0.3, -0.25) is 4.79 Å². The normalized spacial score (nSPS) is 10.2. The van der Waals surface area contributed by atoms with Crippen LogP contribution in [0.5, 0.6) is 0 Å². The van der Waals surface area contributed by atoms with Gasteiger partial charge in [-0.2, -0.15) is 0 Å². The van der Waals surface area contributed by atoms with Gasteiger partial charge < -0.3 is 16.8 Å². The van der Waals surface area contributed by atoms with Gasteiger partial charge in [0.15, 0.2) is 0 Å². The smallest absolute Gasteiger partial charge is 0.250 e. The Kier molecular flexibility index (Phi) is 4.16. The van der Waals surface area contributed by atoms with Gasteiger partial charge in [0.1, 0.15) is 0 Å². The third kappa shape index (κ3) is 3.30. The zero-order chi connectivity index (χ0) is 14.0. The van der Waals surface area contributed by atoms with Crippen molar-refractivity contribution in [3.8, 4) is 0 Å². The first-order valence-corrected chi connectivity index (χ1v) is 6.84. The molecule has 2 aromatic carbocycles. The second-order valence-corrected chi connectivity index (χ2v) is 5.57. The number of primary amides is 1. The van der Waals surface area contributed by atoms with Crippen molar-refractivity contribution in [3.05, 3.63) is 50.6 Å². The quantitative estimate of drug-likeness (QED) is 0.558. The highest BCUT2D eigenvalue weighted by Gasteiger charge is 2.10. The molecule has 2 rings (SSSR count). The summed E-state index contributed by atoms with van der Waals surface area (Å²) < 4.78 is 1.03. The molecular weight excluding hydrogens is 377 g/mol. The Morgan fingerprint density at radius 3 is 2.47 bits per heavy atom. The first-order valence-electron chi connectivity index (χ1n) is 5.39. The van der Waals surface area contributed by atoms with E-state index in [-0.39, 0.29) is 0 Å². The van der Waals surface area contributed by atoms with Gasteiger partial charge in [-0.15, -0.1) is 0 Å². The number of hydrogen-bond donors (Lipinski definition) is 3. The van der Waals surface area contributed by atoms with Crippen molar-refractivity contribution in [2.45, 2.75) is 0 Å². The highest BCUT2D eigenvalue weighted by molar-refractivity contribution is 14.1. The Morgan fingerprint density at radius 1 is 1.16 bits per heavy atom. The van der Waals surface area contributed by atoms with E-state index in [1.807, 2.05) is 18.2 Å². The third-order valence-electron chi connectivity index (χ3n) is 2.51. The molecule has 4 nitrogen and oxygen atoms in total. The zero-order valence-corrected chi connectivity index (χ0v) is 12.7. The Morgan fingerprint density at radius 2 is 1.84 bits per heavy atom. The number of anilines is 3. The number of carbonyl (C=O) groups excluding carboxylic acids is 1. The predicted octanol–water partition coefficient (Wildman–Crippen LogP) is 3.37. The van der Waals surface area contributed by atoms with Crippen LogP contribution in [-0.2, 0) is 0 Å². The van der Waals surface area contributed by atoms with Crippen LogP contribution in [0.3, 0.4) is 0 Å². The number of nitrogens with two attached hydrogens (primary N) is 2. The van der Waals surface area contributed by atoms with Crippen LogP contribution in [0.4, 0.5) is 17.1 Å². The van der Waals surface area contributed by atoms with Crippen molar-refractivity contribution in [2.75, 3.05) is 11.1 Å². The van der Waals surface area contributed by atoms with E-state index in [1.165, 1.54) is 6.07 Å². The molecular formula is C13H11ClIN3O. The van der Waals surface area contributed by atoms with Gasteiger partial charge in [0, 0.05) is 9.26 Å². The molecule has 0 heterocycles. The third-order valence-corrected chi connectivity index (χ3v) is 3.49. The molecule has 0 spiro atoms. The number of halogens is 2. The molecule has 0 radical (unpaired) electrons. The summed E-state index contributed by atoms with van der Waals surface area (Å²) in [7, 11) is 0. The monoisotopic (exact) mass is 387 g/mol. The molecule has 0 fully saturated rings. The fourth-order valence-corrected chi connectivity index (χ4v) is 2.51. The van der Waals surface area contributed by atoms with E-state index in [1.54, 1.807) is 12.1 Å². The lowest BCUT2D eigenvalue weighted by Gasteiger charge is -2.12. The molecule has 0 atom stereocenters. The first-order chi connectivity index (χ1) is 8.97. The van der Waals surface area contributed by atoms with Crippen molar-refractivity contribution in [1.29, 1.82) is 0 Å². The second-order valence-electron chi connectivity index (χ2n) is 3.92. The maximum absolute atomic E-state index is 11.4. The minimum absolute atomic E-state index is 0.328. The fraction of sp³-hybridized carbons (Fsp3) is 0. The van der Waals surface area contributed by atoms with Crippen LogP contribution in [0.15, 0.2) is 36.4 Å². The van der Waals surface area contributed by atoms with Crippen LogP contribution >= 0.6 is 34.2 Å². The van der Waals surface area contributed by atoms with Gasteiger partial charge in [0.2, 0.25) is 0 Å². The number of rotatable bonds is 3. The van der Waals surface area contributed by atoms with Crippen molar-refractivity contribution in [2.24, 2.45) is 5.73 Å². The van der Waals surface area contributed by atoms with Crippen molar-refractivity contribution in [3.63, 3.8) is 0 Å². The largest absolute Gasteiger partial charge is 0.399 e. The van der Waals surface area contributed by atoms with E-state index in [0.29, 0.717) is 27.6 Å². The number of hydrogen-bond acceptors (Lipinski definition) is 3. The summed E-state index contributed by atoms with van der Waals surface area (Å²) in [5.41, 5.74) is 13.1. The molecule has 19 heavy (non-hydrogen) atoms. The Balaban J connectivity index is 2.40. The maximum atomic E-state index is 11.4. The summed E-state index contributed by atoms with van der Waals surface area (Å²) in [6.45, 7) is 0. The Bertz CT molecular complexity index is 646. The van der Waals surface area contributed by atoms with E-state index in [4.69, 9.17) is 23.1 Å². The standard InChI is InChI=1S/C13H11ClIN3O/c14-10-5-7(15)1-3-12(10)18-11-4-2-8(16)6-9(11)13(17)19/h1-6,18H,16H2,(H2,17,19). The van der Waals surface area contributed by atoms with Crippen LogP contribution < -0.4 is 16.8 Å². The first kappa shape index (κ1) is 14.0. The second kappa shape index (κ2) is 5.66. The zero-order valence-electron chi connectivity index (χ0n) is 9.78. The number of nitrogens with one attached hydrogen (secondary N) is 1. The molecule has 0 aromatic heterocycles. The molecule has 0 saturated carbocycles. The SMILES string of the molecule is NC(=O)c1cc(N)ccc1Nc1ccc(I)cc1Cl. The molecule has 98 valence electrons. The molecule has 5 N–H and O–H groups in total. The van der Waals surface area contributed by atoms with E-state index < -0.39 is 5.91 Å². The summed E-state index contributed by atoms with van der Waals surface area (Å²) in [6.07, 6.45) is 0. The predicted molar refractivity (Wildman–Crippen MR) is 86.8 cm³/mol. The minimum Gasteiger partial charge on any atom is -0.399 e. The number of carbonyl (C=O) groups is 1. The van der Waals surface area contributed by atoms with Gasteiger partial charge in [-0.1, -0.05) is 11.6 Å². The molecule has 2 aromatic rings. The fourth-order valence-electron chi connectivity index (χ4n) is 1.61. The highest BCUT2D eigenvalue weighted by atomic mass is 127. The summed E-state index contributed by atoms with van der Waals surface area (Å²) in [4.78, 5) is 11.4. The van der Waals surface area contributed by atoms with E-state index >= 15 is 0 Å². The molecule has 1 amide bonds. The highest BCUT2D eigenvalue weighted by Crippen LogP contribution is 2.29. The Labute approximate surface area is 129 Å².